The van der Waals surface area contributed by atoms with Gasteiger partial charge in [0.25, 0.3) is 0 Å². The first kappa shape index (κ1) is 25.7. The number of nitrogens with one attached hydrogen (secondary N) is 1. The van der Waals surface area contributed by atoms with Gasteiger partial charge in [-0.2, -0.15) is 0 Å². The van der Waals surface area contributed by atoms with Crippen LogP contribution in [0.1, 0.15) is 57.6 Å². The Kier molecular flexibility index (Phi) is 13.2. The quantitative estimate of drug-likeness (QED) is 0.325. The molecule has 1 rings (SSSR count). The second kappa shape index (κ2) is 13.8. The van der Waals surface area contributed by atoms with Crippen LogP contribution in [0.15, 0.2) is 24.3 Å². The third-order valence-electron chi connectivity index (χ3n) is 3.49. The Bertz CT molecular complexity index is 610. The van der Waals surface area contributed by atoms with E-state index in [1.807, 2.05) is 6.92 Å². The van der Waals surface area contributed by atoms with Gasteiger partial charge in [-0.1, -0.05) is 37.6 Å². The normalized spacial score (nSPS) is 12.3. The molecule has 0 aliphatic rings. The Hall–Kier alpha value is -1.28. The molecule has 0 aliphatic heterocycles. The molecule has 27 heavy (non-hydrogen) atoms. The molecular formula is C18H23ClNNaO6. The van der Waals surface area contributed by atoms with Crippen molar-refractivity contribution in [2.24, 2.45) is 0 Å². The first-order valence-corrected chi connectivity index (χ1v) is 8.85. The van der Waals surface area contributed by atoms with Gasteiger partial charge in [-0.25, -0.2) is 4.79 Å². The van der Waals surface area contributed by atoms with E-state index in [4.69, 9.17) is 21.1 Å². The van der Waals surface area contributed by atoms with Crippen LogP contribution in [0.3, 0.4) is 0 Å². The maximum Gasteiger partial charge on any atom is 1.00 e. The Morgan fingerprint density at radius 1 is 1.11 bits per heavy atom. The number of amides is 1. The minimum atomic E-state index is -1.22. The number of carbonyl (C=O) groups excluding carboxylic acids is 3. The first-order valence-electron chi connectivity index (χ1n) is 8.47. The van der Waals surface area contributed by atoms with Crippen molar-refractivity contribution in [2.45, 2.75) is 58.3 Å². The fourth-order valence-electron chi connectivity index (χ4n) is 2.18. The number of benzene rings is 1. The summed E-state index contributed by atoms with van der Waals surface area (Å²) in [4.78, 5) is 34.4. The maximum atomic E-state index is 12.1. The number of hydrogen-bond donors (Lipinski definition) is 1. The van der Waals surface area contributed by atoms with Crippen LogP contribution < -0.4 is 40.0 Å². The molecule has 2 atom stereocenters. The standard InChI is InChI=1S/C18H24ClNO6.Na/c1-3-5-16(23)25-17(4-2)26-18(24)20-14(10-11-15(21)22)12-6-8-13(19)9-7-12;/h6-9,14,17H,3-5,10-11H2,1-2H3,(H,20,24)(H,21,22);/q;+1/p-1. The van der Waals surface area contributed by atoms with Gasteiger partial charge < -0.3 is 24.7 Å². The number of esters is 1. The van der Waals surface area contributed by atoms with Crippen LogP contribution >= 0.6 is 11.6 Å². The number of rotatable bonds is 10. The van der Waals surface area contributed by atoms with Crippen molar-refractivity contribution < 1.29 is 58.5 Å². The number of carboxylic acid groups (broad SMARTS) is 1. The summed E-state index contributed by atoms with van der Waals surface area (Å²) in [6.45, 7) is 3.55. The second-order valence-electron chi connectivity index (χ2n) is 5.64. The molecule has 2 unspecified atom stereocenters. The second-order valence-corrected chi connectivity index (χ2v) is 6.08. The fraction of sp³-hybridized carbons (Fsp3) is 0.500. The summed E-state index contributed by atoms with van der Waals surface area (Å²) < 4.78 is 10.2. The predicted molar refractivity (Wildman–Crippen MR) is 93.1 cm³/mol. The van der Waals surface area contributed by atoms with Crippen molar-refractivity contribution in [1.82, 2.24) is 5.32 Å². The molecule has 144 valence electrons. The fourth-order valence-corrected chi connectivity index (χ4v) is 2.30. The van der Waals surface area contributed by atoms with E-state index in [1.165, 1.54) is 0 Å². The van der Waals surface area contributed by atoms with E-state index < -0.39 is 30.4 Å². The topological polar surface area (TPSA) is 105 Å². The molecule has 7 nitrogen and oxygen atoms in total. The van der Waals surface area contributed by atoms with Gasteiger partial charge in [-0.3, -0.25) is 4.79 Å². The predicted octanol–water partition coefficient (Wildman–Crippen LogP) is -0.279. The molecule has 0 heterocycles. The van der Waals surface area contributed by atoms with Crippen LogP contribution in [0.2, 0.25) is 5.02 Å². The molecular weight excluding hydrogens is 385 g/mol. The van der Waals surface area contributed by atoms with Crippen LogP contribution in [0, 0.1) is 0 Å². The molecule has 0 aliphatic carbocycles. The zero-order valence-corrected chi connectivity index (χ0v) is 18.6. The molecule has 0 aromatic heterocycles. The van der Waals surface area contributed by atoms with Crippen LogP contribution in [0.25, 0.3) is 0 Å². The Morgan fingerprint density at radius 2 is 1.74 bits per heavy atom. The summed E-state index contributed by atoms with van der Waals surface area (Å²) in [5, 5.41) is 13.9. The van der Waals surface area contributed by atoms with E-state index >= 15 is 0 Å². The summed E-state index contributed by atoms with van der Waals surface area (Å²) >= 11 is 5.85. The van der Waals surface area contributed by atoms with Crippen LogP contribution in [0.4, 0.5) is 4.79 Å². The number of aliphatic carboxylic acids is 1. The maximum absolute atomic E-state index is 12.1. The van der Waals surface area contributed by atoms with Gasteiger partial charge in [0.2, 0.25) is 6.29 Å². The Balaban J connectivity index is 0.00000676. The molecule has 0 fully saturated rings. The van der Waals surface area contributed by atoms with Gasteiger partial charge >= 0.3 is 41.6 Å². The zero-order valence-electron chi connectivity index (χ0n) is 15.8. The molecule has 0 saturated heterocycles. The molecule has 0 spiro atoms. The van der Waals surface area contributed by atoms with E-state index in [0.29, 0.717) is 23.4 Å². The minimum Gasteiger partial charge on any atom is -0.550 e. The van der Waals surface area contributed by atoms with E-state index in [2.05, 4.69) is 5.32 Å². The van der Waals surface area contributed by atoms with Crippen molar-refractivity contribution >= 4 is 29.6 Å². The van der Waals surface area contributed by atoms with Crippen LogP contribution in [-0.4, -0.2) is 24.3 Å². The molecule has 1 aromatic carbocycles. The summed E-state index contributed by atoms with van der Waals surface area (Å²) in [5.74, 6) is -1.67. The van der Waals surface area contributed by atoms with Gasteiger partial charge in [0, 0.05) is 23.8 Å². The Morgan fingerprint density at radius 3 is 2.26 bits per heavy atom. The number of carboxylic acids is 1. The summed E-state index contributed by atoms with van der Waals surface area (Å²) in [7, 11) is 0. The van der Waals surface area contributed by atoms with E-state index in [-0.39, 0.29) is 48.8 Å². The van der Waals surface area contributed by atoms with Gasteiger partial charge in [0.15, 0.2) is 0 Å². The third kappa shape index (κ3) is 10.6. The summed E-state index contributed by atoms with van der Waals surface area (Å²) in [6, 6.07) is 6.03. The van der Waals surface area contributed by atoms with Crippen molar-refractivity contribution in [3.63, 3.8) is 0 Å². The summed E-state index contributed by atoms with van der Waals surface area (Å²) in [6.07, 6.45) is -0.764. The van der Waals surface area contributed by atoms with Gasteiger partial charge in [-0.05, 0) is 37.0 Å². The van der Waals surface area contributed by atoms with Crippen molar-refractivity contribution in [3.8, 4) is 0 Å². The largest absolute Gasteiger partial charge is 1.00 e. The van der Waals surface area contributed by atoms with Gasteiger partial charge in [0.05, 0.1) is 6.04 Å². The molecule has 0 radical (unpaired) electrons. The molecule has 0 saturated carbocycles. The van der Waals surface area contributed by atoms with Crippen molar-refractivity contribution in [2.75, 3.05) is 0 Å². The smallest absolute Gasteiger partial charge is 0.550 e. The number of halogens is 1. The van der Waals surface area contributed by atoms with Crippen LogP contribution in [-0.2, 0) is 19.1 Å². The Labute approximate surface area is 186 Å². The van der Waals surface area contributed by atoms with Gasteiger partial charge in [0.1, 0.15) is 0 Å². The zero-order chi connectivity index (χ0) is 19.5. The third-order valence-corrected chi connectivity index (χ3v) is 3.74. The molecule has 1 amide bonds. The average Bonchev–Trinajstić information content (AvgIpc) is 2.58. The number of carbonyl (C=O) groups is 3. The minimum absolute atomic E-state index is 0. The van der Waals surface area contributed by atoms with Crippen LogP contribution in [0.5, 0.6) is 0 Å². The monoisotopic (exact) mass is 407 g/mol. The number of ether oxygens (including phenoxy) is 2. The van der Waals surface area contributed by atoms with Crippen molar-refractivity contribution in [3.05, 3.63) is 34.9 Å². The molecule has 1 N–H and O–H groups in total. The van der Waals surface area contributed by atoms with Crippen molar-refractivity contribution in [1.29, 1.82) is 0 Å². The molecule has 0 bridgehead atoms. The van der Waals surface area contributed by atoms with E-state index in [1.54, 1.807) is 31.2 Å². The molecule has 9 heteroatoms. The van der Waals surface area contributed by atoms with Gasteiger partial charge in [-0.15, -0.1) is 0 Å². The summed E-state index contributed by atoms with van der Waals surface area (Å²) in [5.41, 5.74) is 0.670. The number of alkyl carbamates (subject to hydrolysis) is 1. The average molecular weight is 408 g/mol. The number of hydrogen-bond acceptors (Lipinski definition) is 6. The first-order chi connectivity index (χ1) is 12.3. The SMILES string of the molecule is CCCC(=O)OC(CC)OC(=O)NC(CCC(=O)[O-])c1ccc(Cl)cc1.[Na+]. The van der Waals surface area contributed by atoms with E-state index in [9.17, 15) is 19.5 Å². The van der Waals surface area contributed by atoms with E-state index in [0.717, 1.165) is 0 Å². The molecule has 1 aromatic rings.